The molecule has 22 heavy (non-hydrogen) atoms. The molecule has 2 aromatic rings. The lowest BCUT2D eigenvalue weighted by molar-refractivity contribution is 0.0558. The van der Waals surface area contributed by atoms with Crippen LogP contribution in [0.1, 0.15) is 47.1 Å². The number of aryl methyl sites for hydroxylation is 1. The van der Waals surface area contributed by atoms with E-state index in [0.717, 1.165) is 24.3 Å². The molecule has 116 valence electrons. The molecule has 2 aromatic heterocycles. The average molecular weight is 302 g/mol. The first-order valence-electron chi connectivity index (χ1n) is 7.65. The largest absolute Gasteiger partial charge is 0.394 e. The summed E-state index contributed by atoms with van der Waals surface area (Å²) in [4.78, 5) is 14.4. The van der Waals surface area contributed by atoms with Gasteiger partial charge >= 0.3 is 0 Å². The molecule has 1 N–H and O–H groups in total. The fraction of sp³-hybridized carbons (Fsp3) is 0.533. The predicted octanol–water partition coefficient (Wildman–Crippen LogP) is 1.16. The van der Waals surface area contributed by atoms with Crippen LogP contribution in [0.2, 0.25) is 0 Å². The first kappa shape index (κ1) is 13.5. The van der Waals surface area contributed by atoms with E-state index >= 15 is 0 Å². The number of aliphatic hydroxyl groups excluding tert-OH is 1. The number of aliphatic hydroxyl groups is 1. The van der Waals surface area contributed by atoms with Gasteiger partial charge in [-0.05, 0) is 25.3 Å². The van der Waals surface area contributed by atoms with Gasteiger partial charge in [-0.15, -0.1) is 0 Å². The van der Waals surface area contributed by atoms with Crippen molar-refractivity contribution in [2.24, 2.45) is 0 Å². The van der Waals surface area contributed by atoms with Gasteiger partial charge in [0.15, 0.2) is 5.69 Å². The Morgan fingerprint density at radius 1 is 1.41 bits per heavy atom. The lowest BCUT2D eigenvalue weighted by Crippen LogP contribution is -2.41. The van der Waals surface area contributed by atoms with E-state index in [4.69, 9.17) is 4.52 Å². The summed E-state index contributed by atoms with van der Waals surface area (Å²) in [6, 6.07) is 3.42. The van der Waals surface area contributed by atoms with Gasteiger partial charge in [0.05, 0.1) is 24.9 Å². The second-order valence-electron chi connectivity index (χ2n) is 5.99. The molecule has 1 aliphatic heterocycles. The first-order valence-corrected chi connectivity index (χ1v) is 7.65. The third-order valence-corrected chi connectivity index (χ3v) is 4.45. The Labute approximate surface area is 127 Å². The maximum atomic E-state index is 12.8. The molecular weight excluding hydrogens is 284 g/mol. The molecule has 0 saturated heterocycles. The monoisotopic (exact) mass is 302 g/mol. The van der Waals surface area contributed by atoms with E-state index in [9.17, 15) is 9.90 Å². The van der Waals surface area contributed by atoms with Crippen molar-refractivity contribution in [1.29, 1.82) is 0 Å². The minimum atomic E-state index is -0.227. The average Bonchev–Trinajstić information content (AvgIpc) is 3.15. The van der Waals surface area contributed by atoms with Crippen LogP contribution in [0, 0.1) is 0 Å². The normalized spacial score (nSPS) is 21.5. The van der Waals surface area contributed by atoms with Gasteiger partial charge in [-0.25, -0.2) is 0 Å². The van der Waals surface area contributed by atoms with E-state index in [0.29, 0.717) is 31.1 Å². The molecule has 0 aromatic carbocycles. The van der Waals surface area contributed by atoms with Crippen LogP contribution in [0.5, 0.6) is 0 Å². The van der Waals surface area contributed by atoms with Gasteiger partial charge in [-0.3, -0.25) is 9.48 Å². The Morgan fingerprint density at radius 3 is 3.05 bits per heavy atom. The van der Waals surface area contributed by atoms with E-state index in [1.54, 1.807) is 17.2 Å². The highest BCUT2D eigenvalue weighted by atomic mass is 16.5. The fourth-order valence-electron chi connectivity index (χ4n) is 2.95. The van der Waals surface area contributed by atoms with E-state index in [2.05, 4.69) is 10.3 Å². The van der Waals surface area contributed by atoms with Crippen LogP contribution in [-0.4, -0.2) is 43.5 Å². The van der Waals surface area contributed by atoms with Gasteiger partial charge < -0.3 is 14.5 Å². The molecule has 0 radical (unpaired) electrons. The number of rotatable bonds is 3. The van der Waals surface area contributed by atoms with Crippen LogP contribution in [0.25, 0.3) is 0 Å². The molecule has 1 amide bonds. The number of fused-ring (bicyclic) bond motifs is 1. The van der Waals surface area contributed by atoms with Crippen molar-refractivity contribution in [2.45, 2.75) is 44.3 Å². The van der Waals surface area contributed by atoms with Crippen LogP contribution in [-0.2, 0) is 13.1 Å². The van der Waals surface area contributed by atoms with Gasteiger partial charge in [0.1, 0.15) is 5.76 Å². The Morgan fingerprint density at radius 2 is 2.27 bits per heavy atom. The number of hydrogen-bond donors (Lipinski definition) is 1. The molecular formula is C15H18N4O3. The van der Waals surface area contributed by atoms with Crippen molar-refractivity contribution in [2.75, 3.05) is 6.61 Å². The van der Waals surface area contributed by atoms with Crippen molar-refractivity contribution >= 4 is 5.91 Å². The van der Waals surface area contributed by atoms with Crippen molar-refractivity contribution in [1.82, 2.24) is 19.8 Å². The van der Waals surface area contributed by atoms with Crippen molar-refractivity contribution in [3.8, 4) is 0 Å². The first-order chi connectivity index (χ1) is 10.8. The van der Waals surface area contributed by atoms with Crippen molar-refractivity contribution < 1.29 is 14.4 Å². The minimum Gasteiger partial charge on any atom is -0.394 e. The Hall–Kier alpha value is -2.15. The molecule has 1 atom stereocenters. The summed E-state index contributed by atoms with van der Waals surface area (Å²) in [5.41, 5.74) is 1.29. The molecule has 4 rings (SSSR count). The zero-order chi connectivity index (χ0) is 15.1. The van der Waals surface area contributed by atoms with Gasteiger partial charge in [0.2, 0.25) is 0 Å². The van der Waals surface area contributed by atoms with E-state index in [-0.39, 0.29) is 18.6 Å². The summed E-state index contributed by atoms with van der Waals surface area (Å²) < 4.78 is 7.16. The van der Waals surface area contributed by atoms with Crippen LogP contribution >= 0.6 is 0 Å². The SMILES string of the molecule is O=C(c1cc(C2CC2)on1)N1Cc2ccnn2CC[C@H]1CO. The lowest BCUT2D eigenvalue weighted by atomic mass is 10.1. The van der Waals surface area contributed by atoms with Crippen LogP contribution < -0.4 is 0 Å². The van der Waals surface area contributed by atoms with E-state index in [1.807, 2.05) is 10.7 Å². The smallest absolute Gasteiger partial charge is 0.276 e. The number of nitrogens with zero attached hydrogens (tertiary/aromatic N) is 4. The number of amides is 1. The van der Waals surface area contributed by atoms with Crippen molar-refractivity contribution in [3.63, 3.8) is 0 Å². The molecule has 1 aliphatic carbocycles. The summed E-state index contributed by atoms with van der Waals surface area (Å²) in [5, 5.41) is 17.8. The highest BCUT2D eigenvalue weighted by Crippen LogP contribution is 2.40. The molecule has 7 nitrogen and oxygen atoms in total. The zero-order valence-electron chi connectivity index (χ0n) is 12.2. The highest BCUT2D eigenvalue weighted by Gasteiger charge is 2.33. The lowest BCUT2D eigenvalue weighted by Gasteiger charge is -2.27. The Kier molecular flexibility index (Phi) is 3.22. The Balaban J connectivity index is 1.60. The van der Waals surface area contributed by atoms with Crippen LogP contribution in [0.3, 0.4) is 0 Å². The van der Waals surface area contributed by atoms with Crippen LogP contribution in [0.4, 0.5) is 0 Å². The number of aromatic nitrogens is 3. The number of carbonyl (C=O) groups is 1. The maximum absolute atomic E-state index is 12.8. The maximum Gasteiger partial charge on any atom is 0.276 e. The summed E-state index contributed by atoms with van der Waals surface area (Å²) in [6.45, 7) is 1.06. The molecule has 7 heteroatoms. The predicted molar refractivity (Wildman–Crippen MR) is 76.1 cm³/mol. The third-order valence-electron chi connectivity index (χ3n) is 4.45. The van der Waals surface area contributed by atoms with E-state index < -0.39 is 0 Å². The third kappa shape index (κ3) is 2.31. The quantitative estimate of drug-likeness (QED) is 0.919. The molecule has 0 spiro atoms. The van der Waals surface area contributed by atoms with Gasteiger partial charge in [-0.1, -0.05) is 5.16 Å². The summed E-state index contributed by atoms with van der Waals surface area (Å²) in [5.74, 6) is 1.03. The minimum absolute atomic E-state index is 0.0656. The number of carbonyl (C=O) groups excluding carboxylic acids is 1. The molecule has 3 heterocycles. The topological polar surface area (TPSA) is 84.4 Å². The summed E-state index contributed by atoms with van der Waals surface area (Å²) in [7, 11) is 0. The molecule has 2 aliphatic rings. The summed E-state index contributed by atoms with van der Waals surface area (Å²) >= 11 is 0. The standard InChI is InChI=1S/C15H18N4O3/c20-9-12-4-6-19-11(3-5-16-19)8-18(12)15(21)13-7-14(22-17-13)10-1-2-10/h3,5,7,10,12,20H,1-2,4,6,8-9H2/t12-/m0/s1. The van der Waals surface area contributed by atoms with Crippen LogP contribution in [0.15, 0.2) is 22.9 Å². The van der Waals surface area contributed by atoms with Gasteiger partial charge in [-0.2, -0.15) is 5.10 Å². The van der Waals surface area contributed by atoms with E-state index in [1.165, 1.54) is 0 Å². The van der Waals surface area contributed by atoms with Crippen molar-refractivity contribution in [3.05, 3.63) is 35.5 Å². The molecule has 1 fully saturated rings. The molecule has 0 bridgehead atoms. The zero-order valence-corrected chi connectivity index (χ0v) is 12.2. The Bertz CT molecular complexity index is 689. The summed E-state index contributed by atoms with van der Waals surface area (Å²) in [6.07, 6.45) is 4.61. The van der Waals surface area contributed by atoms with Gasteiger partial charge in [0, 0.05) is 24.7 Å². The molecule has 1 saturated carbocycles. The second kappa shape index (κ2) is 5.24. The second-order valence-corrected chi connectivity index (χ2v) is 5.99. The van der Waals surface area contributed by atoms with Gasteiger partial charge in [0.25, 0.3) is 5.91 Å². The molecule has 0 unspecified atom stereocenters. The number of hydrogen-bond acceptors (Lipinski definition) is 5. The highest BCUT2D eigenvalue weighted by molar-refractivity contribution is 5.92. The fourth-order valence-corrected chi connectivity index (χ4v) is 2.95.